The van der Waals surface area contributed by atoms with Gasteiger partial charge in [0.1, 0.15) is 6.04 Å². The van der Waals surface area contributed by atoms with Crippen molar-refractivity contribution in [3.05, 3.63) is 34.9 Å². The quantitative estimate of drug-likeness (QED) is 0.673. The van der Waals surface area contributed by atoms with Gasteiger partial charge >= 0.3 is 5.97 Å². The van der Waals surface area contributed by atoms with Crippen LogP contribution in [0.25, 0.3) is 0 Å². The lowest BCUT2D eigenvalue weighted by molar-refractivity contribution is -0.141. The molecular weight excluding hydrogens is 326 g/mol. The number of aliphatic carboxylic acids is 1. The highest BCUT2D eigenvalue weighted by molar-refractivity contribution is 7.98. The van der Waals surface area contributed by atoms with E-state index in [2.05, 4.69) is 5.32 Å². The van der Waals surface area contributed by atoms with E-state index < -0.39 is 17.9 Å². The highest BCUT2D eigenvalue weighted by Crippen LogP contribution is 2.12. The molecule has 1 amide bonds. The molecule has 1 aromatic carbocycles. The number of thioether (sulfide) groups is 1. The van der Waals surface area contributed by atoms with E-state index >= 15 is 0 Å². The molecule has 22 heavy (non-hydrogen) atoms. The molecule has 0 saturated heterocycles. The molecule has 0 fully saturated rings. The number of rotatable bonds is 9. The van der Waals surface area contributed by atoms with Crippen LogP contribution < -0.4 is 5.32 Å². The lowest BCUT2D eigenvalue weighted by Crippen LogP contribution is -2.41. The van der Waals surface area contributed by atoms with Crippen LogP contribution >= 0.6 is 23.4 Å². The van der Waals surface area contributed by atoms with Gasteiger partial charge in [0, 0.05) is 23.4 Å². The van der Waals surface area contributed by atoms with Crippen LogP contribution in [-0.4, -0.2) is 40.8 Å². The van der Waals surface area contributed by atoms with E-state index in [0.717, 1.165) is 0 Å². The maximum absolute atomic E-state index is 11.9. The van der Waals surface area contributed by atoms with Gasteiger partial charge < -0.3 is 10.4 Å². The molecule has 0 aliphatic heterocycles. The summed E-state index contributed by atoms with van der Waals surface area (Å²) in [5.41, 5.74) is 0.481. The van der Waals surface area contributed by atoms with Crippen LogP contribution in [0.1, 0.15) is 29.6 Å². The van der Waals surface area contributed by atoms with Gasteiger partial charge in [0.2, 0.25) is 5.91 Å². The van der Waals surface area contributed by atoms with E-state index in [1.807, 2.05) is 6.26 Å². The number of carboxylic acid groups (broad SMARTS) is 1. The second-order valence-electron chi connectivity index (χ2n) is 4.67. The molecular formula is C15H18ClNO4S. The highest BCUT2D eigenvalue weighted by Gasteiger charge is 2.19. The van der Waals surface area contributed by atoms with Gasteiger partial charge in [-0.3, -0.25) is 9.59 Å². The summed E-state index contributed by atoms with van der Waals surface area (Å²) in [6, 6.07) is 5.50. The Morgan fingerprint density at radius 3 is 2.41 bits per heavy atom. The summed E-state index contributed by atoms with van der Waals surface area (Å²) in [5, 5.41) is 12.0. The first-order valence-corrected chi connectivity index (χ1v) is 8.51. The first-order valence-electron chi connectivity index (χ1n) is 6.74. The van der Waals surface area contributed by atoms with Crippen LogP contribution in [0.2, 0.25) is 5.02 Å². The Hall–Kier alpha value is -1.53. The van der Waals surface area contributed by atoms with Gasteiger partial charge in [0.15, 0.2) is 5.78 Å². The zero-order chi connectivity index (χ0) is 16.5. The van der Waals surface area contributed by atoms with Gasteiger partial charge in [-0.25, -0.2) is 4.79 Å². The molecule has 7 heteroatoms. The average molecular weight is 344 g/mol. The van der Waals surface area contributed by atoms with Crippen molar-refractivity contribution in [3.63, 3.8) is 0 Å². The Bertz CT molecular complexity index is 533. The number of carbonyl (C=O) groups excluding carboxylic acids is 2. The fourth-order valence-corrected chi connectivity index (χ4v) is 2.36. The van der Waals surface area contributed by atoms with Crippen LogP contribution in [-0.2, 0) is 9.59 Å². The maximum Gasteiger partial charge on any atom is 0.326 e. The minimum absolute atomic E-state index is 0.0301. The molecule has 1 unspecified atom stereocenters. The summed E-state index contributed by atoms with van der Waals surface area (Å²) in [6.45, 7) is 0. The molecule has 2 N–H and O–H groups in total. The smallest absolute Gasteiger partial charge is 0.326 e. The second kappa shape index (κ2) is 9.48. The van der Waals surface area contributed by atoms with E-state index in [9.17, 15) is 14.4 Å². The maximum atomic E-state index is 11.9. The van der Waals surface area contributed by atoms with Crippen LogP contribution in [0.15, 0.2) is 24.3 Å². The monoisotopic (exact) mass is 343 g/mol. The zero-order valence-electron chi connectivity index (χ0n) is 12.2. The molecule has 120 valence electrons. The first-order chi connectivity index (χ1) is 10.4. The predicted octanol–water partition coefficient (Wildman–Crippen LogP) is 2.63. The van der Waals surface area contributed by atoms with Crippen molar-refractivity contribution in [2.24, 2.45) is 0 Å². The van der Waals surface area contributed by atoms with Gasteiger partial charge in [0.05, 0.1) is 0 Å². The molecule has 0 radical (unpaired) electrons. The van der Waals surface area contributed by atoms with Gasteiger partial charge in [-0.05, 0) is 42.7 Å². The summed E-state index contributed by atoms with van der Waals surface area (Å²) < 4.78 is 0. The third-order valence-corrected chi connectivity index (χ3v) is 3.89. The molecule has 1 rings (SSSR count). The lowest BCUT2D eigenvalue weighted by atomic mass is 10.1. The topological polar surface area (TPSA) is 83.5 Å². The molecule has 5 nitrogen and oxygen atoms in total. The number of nitrogens with one attached hydrogen (secondary N) is 1. The van der Waals surface area contributed by atoms with E-state index in [1.54, 1.807) is 24.3 Å². The molecule has 0 saturated carbocycles. The molecule has 0 aliphatic carbocycles. The van der Waals surface area contributed by atoms with Gasteiger partial charge in [-0.15, -0.1) is 0 Å². The molecule has 0 aliphatic rings. The molecule has 0 bridgehead atoms. The Morgan fingerprint density at radius 1 is 1.23 bits per heavy atom. The second-order valence-corrected chi connectivity index (χ2v) is 6.09. The SMILES string of the molecule is CSCCC(NC(=O)CCC(=O)c1ccc(Cl)cc1)C(=O)O. The van der Waals surface area contributed by atoms with Crippen molar-refractivity contribution in [1.82, 2.24) is 5.32 Å². The third kappa shape index (κ3) is 6.49. The highest BCUT2D eigenvalue weighted by atomic mass is 35.5. The normalized spacial score (nSPS) is 11.7. The fraction of sp³-hybridized carbons (Fsp3) is 0.400. The minimum Gasteiger partial charge on any atom is -0.480 e. The van der Waals surface area contributed by atoms with Crippen LogP contribution in [0, 0.1) is 0 Å². The third-order valence-electron chi connectivity index (χ3n) is 2.99. The van der Waals surface area contributed by atoms with Gasteiger partial charge in [0.25, 0.3) is 0 Å². The van der Waals surface area contributed by atoms with Crippen molar-refractivity contribution in [2.75, 3.05) is 12.0 Å². The Morgan fingerprint density at radius 2 is 1.86 bits per heavy atom. The summed E-state index contributed by atoms with van der Waals surface area (Å²) in [5.74, 6) is -1.04. The number of amides is 1. The minimum atomic E-state index is -1.06. The number of carboxylic acids is 1. The number of hydrogen-bond donors (Lipinski definition) is 2. The number of Topliss-reactive ketones (excluding diaryl/α,β-unsaturated/α-hetero) is 1. The summed E-state index contributed by atoms with van der Waals surface area (Å²) in [4.78, 5) is 34.7. The summed E-state index contributed by atoms with van der Waals surface area (Å²) >= 11 is 7.25. The zero-order valence-corrected chi connectivity index (χ0v) is 13.7. The van der Waals surface area contributed by atoms with Gasteiger partial charge in [-0.1, -0.05) is 11.6 Å². The van der Waals surface area contributed by atoms with E-state index in [0.29, 0.717) is 22.8 Å². The van der Waals surface area contributed by atoms with Crippen LogP contribution in [0.5, 0.6) is 0 Å². The standard InChI is InChI=1S/C15H18ClNO4S/c1-22-9-8-12(15(20)21)17-14(19)7-6-13(18)10-2-4-11(16)5-3-10/h2-5,12H,6-9H2,1H3,(H,17,19)(H,20,21). The van der Waals surface area contributed by atoms with E-state index in [1.165, 1.54) is 11.8 Å². The average Bonchev–Trinajstić information content (AvgIpc) is 2.49. The Labute approximate surface area is 138 Å². The number of hydrogen-bond acceptors (Lipinski definition) is 4. The lowest BCUT2D eigenvalue weighted by Gasteiger charge is -2.13. The fourth-order valence-electron chi connectivity index (χ4n) is 1.77. The molecule has 1 atom stereocenters. The van der Waals surface area contributed by atoms with Crippen molar-refractivity contribution >= 4 is 41.0 Å². The first kappa shape index (κ1) is 18.5. The molecule has 0 spiro atoms. The number of ketones is 1. The molecule has 0 heterocycles. The van der Waals surface area contributed by atoms with Crippen molar-refractivity contribution in [3.8, 4) is 0 Å². The summed E-state index contributed by atoms with van der Waals surface area (Å²) in [7, 11) is 0. The van der Waals surface area contributed by atoms with Gasteiger partial charge in [-0.2, -0.15) is 11.8 Å². The summed E-state index contributed by atoms with van der Waals surface area (Å²) in [6.07, 6.45) is 2.21. The van der Waals surface area contributed by atoms with Crippen molar-refractivity contribution < 1.29 is 19.5 Å². The Balaban J connectivity index is 2.45. The predicted molar refractivity (Wildman–Crippen MR) is 87.6 cm³/mol. The Kier molecular flexibility index (Phi) is 7.98. The largest absolute Gasteiger partial charge is 0.480 e. The van der Waals surface area contributed by atoms with Crippen LogP contribution in [0.3, 0.4) is 0 Å². The van der Waals surface area contributed by atoms with Crippen LogP contribution in [0.4, 0.5) is 0 Å². The van der Waals surface area contributed by atoms with Crippen molar-refractivity contribution in [2.45, 2.75) is 25.3 Å². The van der Waals surface area contributed by atoms with E-state index in [4.69, 9.17) is 16.7 Å². The number of benzene rings is 1. The molecule has 0 aromatic heterocycles. The number of halogens is 1. The molecule has 1 aromatic rings. The van der Waals surface area contributed by atoms with Crippen molar-refractivity contribution in [1.29, 1.82) is 0 Å². The van der Waals surface area contributed by atoms with E-state index in [-0.39, 0.29) is 18.6 Å². The number of carbonyl (C=O) groups is 3.